The first-order valence-corrected chi connectivity index (χ1v) is 5.89. The Morgan fingerprint density at radius 3 is 2.89 bits per heavy atom. The van der Waals surface area contributed by atoms with Gasteiger partial charge in [0, 0.05) is 17.3 Å². The number of rotatable bonds is 3. The quantitative estimate of drug-likeness (QED) is 0.810. The summed E-state index contributed by atoms with van der Waals surface area (Å²) in [7, 11) is 1.27. The number of fused-ring (bicyclic) bond motifs is 1. The minimum absolute atomic E-state index is 0.127. The molecule has 0 atom stereocenters. The number of aryl methyl sites for hydroxylation is 1. The van der Waals surface area contributed by atoms with Gasteiger partial charge in [-0.05, 0) is 6.42 Å². The van der Waals surface area contributed by atoms with Crippen LogP contribution >= 0.6 is 11.3 Å². The van der Waals surface area contributed by atoms with Crippen molar-refractivity contribution >= 4 is 22.3 Å². The molecule has 0 amide bonds. The van der Waals surface area contributed by atoms with E-state index in [1.165, 1.54) is 11.5 Å². The molecule has 0 fully saturated rings. The predicted molar refractivity (Wildman–Crippen MR) is 58.4 cm³/mol. The average molecular weight is 278 g/mol. The minimum Gasteiger partial charge on any atom is -0.469 e. The fraction of sp³-hybridized carbons (Fsp3) is 0.400. The van der Waals surface area contributed by atoms with Crippen LogP contribution in [0.25, 0.3) is 4.96 Å². The van der Waals surface area contributed by atoms with Crippen molar-refractivity contribution in [3.8, 4) is 0 Å². The number of thiazole rings is 1. The molecule has 0 saturated carbocycles. The van der Waals surface area contributed by atoms with Crippen LogP contribution in [0.15, 0.2) is 11.6 Å². The van der Waals surface area contributed by atoms with Crippen molar-refractivity contribution in [3.05, 3.63) is 23.0 Å². The van der Waals surface area contributed by atoms with Gasteiger partial charge in [-0.25, -0.2) is 4.98 Å². The third-order valence-electron chi connectivity index (χ3n) is 2.39. The van der Waals surface area contributed by atoms with Crippen LogP contribution in [0.5, 0.6) is 0 Å². The minimum atomic E-state index is -4.45. The summed E-state index contributed by atoms with van der Waals surface area (Å²) in [5, 5.41) is 1.69. The van der Waals surface area contributed by atoms with Gasteiger partial charge in [0.05, 0.1) is 13.5 Å². The number of hydrogen-bond acceptors (Lipinski definition) is 4. The summed E-state index contributed by atoms with van der Waals surface area (Å²) in [5.41, 5.74) is -0.308. The van der Waals surface area contributed by atoms with Crippen molar-refractivity contribution in [1.82, 2.24) is 9.38 Å². The third kappa shape index (κ3) is 2.47. The van der Waals surface area contributed by atoms with E-state index >= 15 is 0 Å². The Morgan fingerprint density at radius 1 is 1.56 bits per heavy atom. The van der Waals surface area contributed by atoms with Gasteiger partial charge in [-0.3, -0.25) is 9.20 Å². The van der Waals surface area contributed by atoms with Gasteiger partial charge in [-0.2, -0.15) is 13.2 Å². The second-order valence-corrected chi connectivity index (χ2v) is 4.42. The van der Waals surface area contributed by atoms with Gasteiger partial charge in [0.1, 0.15) is 0 Å². The zero-order valence-corrected chi connectivity index (χ0v) is 10.1. The molecule has 18 heavy (non-hydrogen) atoms. The number of alkyl halides is 3. The largest absolute Gasteiger partial charge is 0.469 e. The van der Waals surface area contributed by atoms with E-state index in [-0.39, 0.29) is 11.4 Å². The highest BCUT2D eigenvalue weighted by molar-refractivity contribution is 7.15. The van der Waals surface area contributed by atoms with E-state index in [1.54, 1.807) is 5.38 Å². The van der Waals surface area contributed by atoms with Gasteiger partial charge in [0.25, 0.3) is 0 Å². The first-order chi connectivity index (χ1) is 8.41. The van der Waals surface area contributed by atoms with Gasteiger partial charge in [-0.1, -0.05) is 0 Å². The van der Waals surface area contributed by atoms with Crippen LogP contribution < -0.4 is 0 Å². The lowest BCUT2D eigenvalue weighted by atomic mass is 10.2. The van der Waals surface area contributed by atoms with Crippen molar-refractivity contribution in [2.75, 3.05) is 7.11 Å². The maximum atomic E-state index is 12.5. The standard InChI is InChI=1S/C10H9F3N2O2S/c1-17-8(16)3-2-6-5-18-9-14-7(4-15(6)9)10(11,12)13/h4-5H,2-3H2,1H3. The summed E-state index contributed by atoms with van der Waals surface area (Å²) in [6, 6.07) is 0. The Morgan fingerprint density at radius 2 is 2.28 bits per heavy atom. The van der Waals surface area contributed by atoms with Crippen molar-refractivity contribution < 1.29 is 22.7 Å². The molecule has 98 valence electrons. The van der Waals surface area contributed by atoms with Crippen LogP contribution in [-0.2, 0) is 22.1 Å². The van der Waals surface area contributed by atoms with Crippen molar-refractivity contribution in [1.29, 1.82) is 0 Å². The van der Waals surface area contributed by atoms with E-state index in [0.717, 1.165) is 17.5 Å². The van der Waals surface area contributed by atoms with Crippen molar-refractivity contribution in [2.45, 2.75) is 19.0 Å². The fourth-order valence-electron chi connectivity index (χ4n) is 1.48. The Kier molecular flexibility index (Phi) is 3.29. The third-order valence-corrected chi connectivity index (χ3v) is 3.28. The number of aromatic nitrogens is 2. The SMILES string of the molecule is COC(=O)CCc1csc2nc(C(F)(F)F)cn12. The number of hydrogen-bond donors (Lipinski definition) is 0. The molecule has 4 nitrogen and oxygen atoms in total. The molecule has 0 aliphatic rings. The van der Waals surface area contributed by atoms with Crippen LogP contribution in [-0.4, -0.2) is 22.5 Å². The van der Waals surface area contributed by atoms with Gasteiger partial charge in [-0.15, -0.1) is 11.3 Å². The summed E-state index contributed by atoms with van der Waals surface area (Å²) in [5.74, 6) is -0.398. The maximum Gasteiger partial charge on any atom is 0.434 e. The molecule has 0 aliphatic carbocycles. The number of carbonyl (C=O) groups excluding carboxylic acids is 1. The topological polar surface area (TPSA) is 43.6 Å². The molecule has 0 unspecified atom stereocenters. The molecular formula is C10H9F3N2O2S. The Labute approximate surface area is 104 Å². The predicted octanol–water partition coefficient (Wildman–Crippen LogP) is 2.52. The lowest BCUT2D eigenvalue weighted by Crippen LogP contribution is -2.05. The zero-order valence-electron chi connectivity index (χ0n) is 9.32. The molecule has 2 aromatic rings. The summed E-state index contributed by atoms with van der Waals surface area (Å²) >= 11 is 1.11. The van der Waals surface area contributed by atoms with Crippen molar-refractivity contribution in [2.24, 2.45) is 0 Å². The normalized spacial score (nSPS) is 12.0. The van der Waals surface area contributed by atoms with E-state index in [9.17, 15) is 18.0 Å². The second kappa shape index (κ2) is 4.60. The number of ether oxygens (including phenoxy) is 1. The summed E-state index contributed by atoms with van der Waals surface area (Å²) < 4.78 is 43.2. The molecule has 2 heterocycles. The summed E-state index contributed by atoms with van der Waals surface area (Å²) in [6.07, 6.45) is -3.06. The van der Waals surface area contributed by atoms with Gasteiger partial charge >= 0.3 is 12.1 Å². The van der Waals surface area contributed by atoms with E-state index in [0.29, 0.717) is 12.1 Å². The van der Waals surface area contributed by atoms with E-state index < -0.39 is 17.8 Å². The number of halogens is 3. The lowest BCUT2D eigenvalue weighted by molar-refractivity contribution is -0.141. The first-order valence-electron chi connectivity index (χ1n) is 5.01. The number of nitrogens with zero attached hydrogens (tertiary/aromatic N) is 2. The van der Waals surface area contributed by atoms with Gasteiger partial charge in [0.15, 0.2) is 10.7 Å². The number of carbonyl (C=O) groups is 1. The molecular weight excluding hydrogens is 269 g/mol. The molecule has 0 spiro atoms. The Bertz CT molecular complexity index is 573. The summed E-state index contributed by atoms with van der Waals surface area (Å²) in [6.45, 7) is 0. The van der Waals surface area contributed by atoms with Gasteiger partial charge in [0.2, 0.25) is 0 Å². The Balaban J connectivity index is 2.24. The highest BCUT2D eigenvalue weighted by Gasteiger charge is 2.34. The Hall–Kier alpha value is -1.57. The van der Waals surface area contributed by atoms with Crippen LogP contribution in [0.3, 0.4) is 0 Å². The zero-order chi connectivity index (χ0) is 13.3. The van der Waals surface area contributed by atoms with E-state index in [2.05, 4.69) is 9.72 Å². The average Bonchev–Trinajstić information content (AvgIpc) is 2.85. The molecule has 0 bridgehead atoms. The lowest BCUT2D eigenvalue weighted by Gasteiger charge is -2.00. The van der Waals surface area contributed by atoms with Crippen molar-refractivity contribution in [3.63, 3.8) is 0 Å². The smallest absolute Gasteiger partial charge is 0.434 e. The number of methoxy groups -OCH3 is 1. The molecule has 2 rings (SSSR count). The van der Waals surface area contributed by atoms with Gasteiger partial charge < -0.3 is 4.74 Å². The first kappa shape index (κ1) is 12.9. The fourth-order valence-corrected chi connectivity index (χ4v) is 2.39. The molecule has 8 heteroatoms. The van der Waals surface area contributed by atoms with Crippen LogP contribution in [0.4, 0.5) is 13.2 Å². The van der Waals surface area contributed by atoms with Crippen LogP contribution in [0.1, 0.15) is 17.8 Å². The maximum absolute atomic E-state index is 12.5. The highest BCUT2D eigenvalue weighted by Crippen LogP contribution is 2.30. The monoisotopic (exact) mass is 278 g/mol. The highest BCUT2D eigenvalue weighted by atomic mass is 32.1. The summed E-state index contributed by atoms with van der Waals surface area (Å²) in [4.78, 5) is 14.7. The van der Waals surface area contributed by atoms with E-state index in [4.69, 9.17) is 0 Å². The molecule has 0 saturated heterocycles. The van der Waals surface area contributed by atoms with Crippen LogP contribution in [0, 0.1) is 0 Å². The van der Waals surface area contributed by atoms with E-state index in [1.807, 2.05) is 0 Å². The molecule has 2 aromatic heterocycles. The molecule has 0 radical (unpaired) electrons. The number of esters is 1. The molecule has 0 N–H and O–H groups in total. The second-order valence-electron chi connectivity index (χ2n) is 3.58. The molecule has 0 aliphatic heterocycles. The van der Waals surface area contributed by atoms with Crippen LogP contribution in [0.2, 0.25) is 0 Å². The molecule has 0 aromatic carbocycles. The number of imidazole rings is 1.